The van der Waals surface area contributed by atoms with Gasteiger partial charge >= 0.3 is 6.03 Å². The number of nitrogens with one attached hydrogen (secondary N) is 2. The lowest BCUT2D eigenvalue weighted by atomic mass is 9.92. The zero-order chi connectivity index (χ0) is 24.2. The zero-order valence-electron chi connectivity index (χ0n) is 19.0. The number of urea groups is 1. The van der Waals surface area contributed by atoms with Crippen LogP contribution in [0.3, 0.4) is 0 Å². The molecule has 3 aromatic rings. The number of amides is 3. The van der Waals surface area contributed by atoms with Gasteiger partial charge in [-0.3, -0.25) is 4.79 Å². The van der Waals surface area contributed by atoms with Gasteiger partial charge < -0.3 is 15.5 Å². The van der Waals surface area contributed by atoms with Gasteiger partial charge in [-0.15, -0.1) is 0 Å². The third-order valence-corrected chi connectivity index (χ3v) is 5.50. The molecule has 0 aliphatic rings. The summed E-state index contributed by atoms with van der Waals surface area (Å²) < 4.78 is 1.62. The lowest BCUT2D eigenvalue weighted by Gasteiger charge is -2.21. The smallest absolute Gasteiger partial charge is 0.315 e. The summed E-state index contributed by atoms with van der Waals surface area (Å²) in [5, 5.41) is 11.4. The Morgan fingerprint density at radius 2 is 1.70 bits per heavy atom. The molecule has 2 aromatic carbocycles. The predicted octanol–water partition coefficient (Wildman–Crippen LogP) is 5.97. The van der Waals surface area contributed by atoms with Crippen molar-refractivity contribution in [1.82, 2.24) is 14.7 Å². The summed E-state index contributed by atoms with van der Waals surface area (Å²) in [5.41, 5.74) is 1.80. The van der Waals surface area contributed by atoms with Gasteiger partial charge in [-0.25, -0.2) is 9.48 Å². The number of para-hydroxylation sites is 1. The summed E-state index contributed by atoms with van der Waals surface area (Å²) >= 11 is 12.3. The Hall–Kier alpha value is -3.03. The first-order valence-electron chi connectivity index (χ1n) is 10.5. The van der Waals surface area contributed by atoms with Crippen LogP contribution in [-0.4, -0.2) is 39.7 Å². The third kappa shape index (κ3) is 6.27. The van der Waals surface area contributed by atoms with E-state index in [0.717, 1.165) is 5.69 Å². The number of hydrogen-bond donors (Lipinski definition) is 2. The molecule has 0 bridgehead atoms. The SMILES string of the molecule is CCN(CC(=O)Nc1cc(C(C)(C)C)nn1-c1ccccc1Cl)C(=O)Nc1ccc(Cl)cc1. The molecule has 0 spiro atoms. The van der Waals surface area contributed by atoms with Crippen molar-refractivity contribution in [1.29, 1.82) is 0 Å². The van der Waals surface area contributed by atoms with Crippen molar-refractivity contribution in [2.45, 2.75) is 33.1 Å². The van der Waals surface area contributed by atoms with Crippen molar-refractivity contribution < 1.29 is 9.59 Å². The van der Waals surface area contributed by atoms with Crippen molar-refractivity contribution in [2.75, 3.05) is 23.7 Å². The molecule has 0 fully saturated rings. The van der Waals surface area contributed by atoms with E-state index in [0.29, 0.717) is 33.8 Å². The molecule has 9 heteroatoms. The summed E-state index contributed by atoms with van der Waals surface area (Å²) in [7, 11) is 0. The monoisotopic (exact) mass is 487 g/mol. The van der Waals surface area contributed by atoms with Gasteiger partial charge in [0, 0.05) is 28.7 Å². The molecule has 174 valence electrons. The molecule has 0 saturated heterocycles. The first kappa shape index (κ1) is 24.6. The number of benzene rings is 2. The Labute approximate surface area is 203 Å². The molecule has 2 N–H and O–H groups in total. The normalized spacial score (nSPS) is 11.2. The van der Waals surface area contributed by atoms with Crippen LogP contribution in [0, 0.1) is 0 Å². The van der Waals surface area contributed by atoms with Gasteiger partial charge in [0.25, 0.3) is 0 Å². The summed E-state index contributed by atoms with van der Waals surface area (Å²) in [6.45, 7) is 8.14. The fourth-order valence-corrected chi connectivity index (χ4v) is 3.40. The van der Waals surface area contributed by atoms with Gasteiger partial charge in [-0.1, -0.05) is 56.1 Å². The van der Waals surface area contributed by atoms with Crippen molar-refractivity contribution in [2.24, 2.45) is 0 Å². The van der Waals surface area contributed by atoms with E-state index >= 15 is 0 Å². The van der Waals surface area contributed by atoms with E-state index in [-0.39, 0.29) is 23.9 Å². The largest absolute Gasteiger partial charge is 0.322 e. The summed E-state index contributed by atoms with van der Waals surface area (Å²) in [6.07, 6.45) is 0. The minimum atomic E-state index is -0.384. The number of likely N-dealkylation sites (N-methyl/N-ethyl adjacent to an activating group) is 1. The van der Waals surface area contributed by atoms with Gasteiger partial charge in [0.2, 0.25) is 5.91 Å². The van der Waals surface area contributed by atoms with E-state index in [1.165, 1.54) is 4.90 Å². The van der Waals surface area contributed by atoms with Crippen LogP contribution in [0.1, 0.15) is 33.4 Å². The molecule has 0 aliphatic heterocycles. The summed E-state index contributed by atoms with van der Waals surface area (Å²) in [6, 6.07) is 15.5. The number of nitrogens with zero attached hydrogens (tertiary/aromatic N) is 3. The van der Waals surface area contributed by atoms with Crippen molar-refractivity contribution in [3.63, 3.8) is 0 Å². The second-order valence-corrected chi connectivity index (χ2v) is 9.37. The number of carbonyl (C=O) groups excluding carboxylic acids is 2. The average molecular weight is 488 g/mol. The number of anilines is 2. The lowest BCUT2D eigenvalue weighted by molar-refractivity contribution is -0.116. The van der Waals surface area contributed by atoms with Crippen LogP contribution >= 0.6 is 23.2 Å². The minimum absolute atomic E-state index is 0.130. The Morgan fingerprint density at radius 3 is 2.30 bits per heavy atom. The van der Waals surface area contributed by atoms with E-state index < -0.39 is 0 Å². The first-order chi connectivity index (χ1) is 15.6. The number of aromatic nitrogens is 2. The second-order valence-electron chi connectivity index (χ2n) is 8.53. The van der Waals surface area contributed by atoms with Crippen LogP contribution in [0.25, 0.3) is 5.69 Å². The number of halogens is 2. The molecule has 0 unspecified atom stereocenters. The van der Waals surface area contributed by atoms with E-state index in [9.17, 15) is 9.59 Å². The summed E-state index contributed by atoms with van der Waals surface area (Å²) in [4.78, 5) is 26.9. The fraction of sp³-hybridized carbons (Fsp3) is 0.292. The molecule has 7 nitrogen and oxygen atoms in total. The molecule has 0 atom stereocenters. The van der Waals surface area contributed by atoms with Crippen molar-refractivity contribution in [3.8, 4) is 5.69 Å². The zero-order valence-corrected chi connectivity index (χ0v) is 20.5. The molecule has 3 amide bonds. The Balaban J connectivity index is 1.78. The van der Waals surface area contributed by atoms with Crippen molar-refractivity contribution >= 4 is 46.6 Å². The maximum atomic E-state index is 12.9. The molecule has 0 aliphatic carbocycles. The lowest BCUT2D eigenvalue weighted by Crippen LogP contribution is -2.40. The molecule has 3 rings (SSSR count). The van der Waals surface area contributed by atoms with E-state index in [4.69, 9.17) is 23.2 Å². The van der Waals surface area contributed by atoms with Crippen molar-refractivity contribution in [3.05, 3.63) is 70.3 Å². The summed E-state index contributed by atoms with van der Waals surface area (Å²) in [5.74, 6) is 0.129. The highest BCUT2D eigenvalue weighted by Gasteiger charge is 2.23. The molecule has 1 heterocycles. The molecule has 0 saturated carbocycles. The van der Waals surface area contributed by atoms with Gasteiger partial charge in [0.15, 0.2) is 0 Å². The first-order valence-corrected chi connectivity index (χ1v) is 11.3. The van der Waals surface area contributed by atoms with E-state index in [1.807, 2.05) is 45.0 Å². The van der Waals surface area contributed by atoms with Gasteiger partial charge in [0.1, 0.15) is 12.4 Å². The molecular formula is C24H27Cl2N5O2. The van der Waals surface area contributed by atoms with Crippen LogP contribution in [0.2, 0.25) is 10.0 Å². The average Bonchev–Trinajstić information content (AvgIpc) is 3.18. The van der Waals surface area contributed by atoms with Crippen LogP contribution in [0.4, 0.5) is 16.3 Å². The van der Waals surface area contributed by atoms with Gasteiger partial charge in [-0.05, 0) is 43.3 Å². The second kappa shape index (κ2) is 10.3. The highest BCUT2D eigenvalue weighted by molar-refractivity contribution is 6.32. The molecule has 33 heavy (non-hydrogen) atoms. The number of hydrogen-bond acceptors (Lipinski definition) is 3. The molecular weight excluding hydrogens is 461 g/mol. The quantitative estimate of drug-likeness (QED) is 0.449. The van der Waals surface area contributed by atoms with E-state index in [2.05, 4.69) is 15.7 Å². The minimum Gasteiger partial charge on any atom is -0.315 e. The fourth-order valence-electron chi connectivity index (χ4n) is 3.06. The number of carbonyl (C=O) groups is 2. The van der Waals surface area contributed by atoms with E-state index in [1.54, 1.807) is 41.9 Å². The molecule has 1 aromatic heterocycles. The van der Waals surface area contributed by atoms with Crippen LogP contribution in [-0.2, 0) is 10.2 Å². The van der Waals surface area contributed by atoms with Crippen LogP contribution in [0.5, 0.6) is 0 Å². The topological polar surface area (TPSA) is 79.3 Å². The van der Waals surface area contributed by atoms with Crippen LogP contribution in [0.15, 0.2) is 54.6 Å². The maximum absolute atomic E-state index is 12.9. The number of rotatable bonds is 6. The van der Waals surface area contributed by atoms with Gasteiger partial charge in [0.05, 0.1) is 16.4 Å². The van der Waals surface area contributed by atoms with Gasteiger partial charge in [-0.2, -0.15) is 5.10 Å². The standard InChI is InChI=1S/C24H27Cl2N5O2/c1-5-30(23(33)27-17-12-10-16(25)11-13-17)15-22(32)28-21-14-20(24(2,3)4)29-31(21)19-9-7-6-8-18(19)26/h6-14H,5,15H2,1-4H3,(H,27,33)(H,28,32). The Bertz CT molecular complexity index is 1140. The highest BCUT2D eigenvalue weighted by Crippen LogP contribution is 2.29. The third-order valence-electron chi connectivity index (χ3n) is 4.92. The Kier molecular flexibility index (Phi) is 7.66. The van der Waals surface area contributed by atoms with Crippen LogP contribution < -0.4 is 10.6 Å². The Morgan fingerprint density at radius 1 is 1.03 bits per heavy atom. The highest BCUT2D eigenvalue weighted by atomic mass is 35.5. The molecule has 0 radical (unpaired) electrons. The maximum Gasteiger partial charge on any atom is 0.322 e. The predicted molar refractivity (Wildman–Crippen MR) is 134 cm³/mol.